The van der Waals surface area contributed by atoms with E-state index >= 15 is 0 Å². The van der Waals surface area contributed by atoms with Crippen LogP contribution in [0.2, 0.25) is 0 Å². The first-order valence-corrected chi connectivity index (χ1v) is 7.54. The van der Waals surface area contributed by atoms with Crippen molar-refractivity contribution >= 4 is 5.91 Å². The molecule has 6 heteroatoms. The smallest absolute Gasteiger partial charge is 0.224 e. The van der Waals surface area contributed by atoms with Crippen molar-refractivity contribution in [1.29, 1.82) is 0 Å². The number of carbonyl (C=O) groups is 1. The van der Waals surface area contributed by atoms with E-state index in [4.69, 9.17) is 14.0 Å². The third kappa shape index (κ3) is 3.31. The lowest BCUT2D eigenvalue weighted by atomic mass is 10.1. The molecule has 1 N–H and O–H groups in total. The van der Waals surface area contributed by atoms with E-state index in [9.17, 15) is 4.79 Å². The van der Waals surface area contributed by atoms with E-state index in [-0.39, 0.29) is 17.7 Å². The average Bonchev–Trinajstić information content (AvgIpc) is 3.27. The highest BCUT2D eigenvalue weighted by Crippen LogP contribution is 2.51. The van der Waals surface area contributed by atoms with Gasteiger partial charge in [0, 0.05) is 23.5 Å². The number of nitrogens with one attached hydrogen (secondary N) is 1. The highest BCUT2D eigenvalue weighted by Gasteiger charge is 2.45. The molecule has 3 rings (SSSR count). The summed E-state index contributed by atoms with van der Waals surface area (Å²) < 4.78 is 15.7. The lowest BCUT2D eigenvalue weighted by Crippen LogP contribution is -2.24. The Labute approximate surface area is 134 Å². The molecule has 1 fully saturated rings. The Hall–Kier alpha value is -2.50. The fourth-order valence-electron chi connectivity index (χ4n) is 2.76. The molecule has 0 bridgehead atoms. The van der Waals surface area contributed by atoms with Crippen LogP contribution in [0, 0.1) is 12.8 Å². The number of ether oxygens (including phenoxy) is 2. The number of carbonyl (C=O) groups excluding carboxylic acids is 1. The van der Waals surface area contributed by atoms with Crippen LogP contribution in [-0.2, 0) is 11.3 Å². The van der Waals surface area contributed by atoms with Gasteiger partial charge < -0.3 is 19.3 Å². The maximum atomic E-state index is 12.3. The second kappa shape index (κ2) is 6.32. The second-order valence-electron chi connectivity index (χ2n) is 5.71. The van der Waals surface area contributed by atoms with E-state index in [0.29, 0.717) is 12.3 Å². The number of hydrogen-bond donors (Lipinski definition) is 1. The summed E-state index contributed by atoms with van der Waals surface area (Å²) in [5, 5.41) is 6.70. The molecule has 1 saturated carbocycles. The van der Waals surface area contributed by atoms with Gasteiger partial charge in [0.2, 0.25) is 5.91 Å². The monoisotopic (exact) mass is 316 g/mol. The number of amides is 1. The SMILES string of the molecule is COc1ccc(OC)c([C@H]2C[C@H]2C(=O)NCc2cc(C)no2)c1. The molecule has 0 aliphatic heterocycles. The third-order valence-electron chi connectivity index (χ3n) is 4.08. The van der Waals surface area contributed by atoms with Crippen LogP contribution in [0.5, 0.6) is 11.5 Å². The summed E-state index contributed by atoms with van der Waals surface area (Å²) in [4.78, 5) is 12.3. The normalized spacial score (nSPS) is 19.3. The maximum absolute atomic E-state index is 12.3. The van der Waals surface area contributed by atoms with Crippen molar-refractivity contribution in [3.05, 3.63) is 41.3 Å². The second-order valence-corrected chi connectivity index (χ2v) is 5.71. The minimum Gasteiger partial charge on any atom is -0.497 e. The summed E-state index contributed by atoms with van der Waals surface area (Å²) in [7, 11) is 3.26. The summed E-state index contributed by atoms with van der Waals surface area (Å²) in [5.74, 6) is 2.36. The van der Waals surface area contributed by atoms with E-state index < -0.39 is 0 Å². The quantitative estimate of drug-likeness (QED) is 0.886. The van der Waals surface area contributed by atoms with Crippen molar-refractivity contribution in [3.8, 4) is 11.5 Å². The number of benzene rings is 1. The van der Waals surface area contributed by atoms with Gasteiger partial charge in [0.1, 0.15) is 11.5 Å². The molecular weight excluding hydrogens is 296 g/mol. The minimum absolute atomic E-state index is 0.0222. The van der Waals surface area contributed by atoms with Crippen LogP contribution in [0.4, 0.5) is 0 Å². The molecule has 0 radical (unpaired) electrons. The van der Waals surface area contributed by atoms with Crippen molar-refractivity contribution in [3.63, 3.8) is 0 Å². The number of aromatic nitrogens is 1. The van der Waals surface area contributed by atoms with Crippen LogP contribution < -0.4 is 14.8 Å². The molecule has 2 aromatic rings. The predicted molar refractivity (Wildman–Crippen MR) is 83.5 cm³/mol. The molecule has 0 saturated heterocycles. The topological polar surface area (TPSA) is 73.6 Å². The summed E-state index contributed by atoms with van der Waals surface area (Å²) in [6.45, 7) is 2.21. The summed E-state index contributed by atoms with van der Waals surface area (Å²) in [5.41, 5.74) is 1.82. The summed E-state index contributed by atoms with van der Waals surface area (Å²) in [6, 6.07) is 7.48. The molecular formula is C17H20N2O4. The van der Waals surface area contributed by atoms with Crippen molar-refractivity contribution in [2.75, 3.05) is 14.2 Å². The molecule has 1 aromatic carbocycles. The zero-order chi connectivity index (χ0) is 16.4. The third-order valence-corrected chi connectivity index (χ3v) is 4.08. The zero-order valence-corrected chi connectivity index (χ0v) is 13.5. The molecule has 1 aromatic heterocycles. The Morgan fingerprint density at radius 1 is 1.35 bits per heavy atom. The minimum atomic E-state index is -0.0416. The van der Waals surface area contributed by atoms with E-state index in [0.717, 1.165) is 29.2 Å². The highest BCUT2D eigenvalue weighted by atomic mass is 16.5. The first-order chi connectivity index (χ1) is 11.1. The van der Waals surface area contributed by atoms with Gasteiger partial charge in [0.25, 0.3) is 0 Å². The molecule has 2 atom stereocenters. The largest absolute Gasteiger partial charge is 0.497 e. The van der Waals surface area contributed by atoms with Crippen LogP contribution in [0.1, 0.15) is 29.4 Å². The molecule has 1 aliphatic rings. The lowest BCUT2D eigenvalue weighted by Gasteiger charge is -2.10. The summed E-state index contributed by atoms with van der Waals surface area (Å²) in [6.07, 6.45) is 0.810. The lowest BCUT2D eigenvalue weighted by molar-refractivity contribution is -0.122. The Kier molecular flexibility index (Phi) is 4.23. The van der Waals surface area contributed by atoms with Gasteiger partial charge in [-0.05, 0) is 31.5 Å². The standard InChI is InChI=1S/C17H20N2O4/c1-10-6-12(23-19-10)9-18-17(20)15-8-13(15)14-7-11(21-2)4-5-16(14)22-3/h4-7,13,15H,8-9H2,1-3H3,(H,18,20)/t13-,15-/m1/s1. The molecule has 6 nitrogen and oxygen atoms in total. The number of aryl methyl sites for hydroxylation is 1. The highest BCUT2D eigenvalue weighted by molar-refractivity contribution is 5.83. The average molecular weight is 316 g/mol. The van der Waals surface area contributed by atoms with Crippen molar-refractivity contribution < 1.29 is 18.8 Å². The molecule has 1 aliphatic carbocycles. The van der Waals surface area contributed by atoms with E-state index in [1.165, 1.54) is 0 Å². The van der Waals surface area contributed by atoms with E-state index in [2.05, 4.69) is 10.5 Å². The van der Waals surface area contributed by atoms with Crippen molar-refractivity contribution in [2.45, 2.75) is 25.8 Å². The van der Waals surface area contributed by atoms with Gasteiger partial charge in [-0.2, -0.15) is 0 Å². The number of hydrogen-bond acceptors (Lipinski definition) is 5. The first kappa shape index (κ1) is 15.4. The van der Waals surface area contributed by atoms with Crippen molar-refractivity contribution in [1.82, 2.24) is 10.5 Å². The van der Waals surface area contributed by atoms with Gasteiger partial charge in [0.15, 0.2) is 5.76 Å². The number of nitrogens with zero attached hydrogens (tertiary/aromatic N) is 1. The number of rotatable bonds is 6. The van der Waals surface area contributed by atoms with Gasteiger partial charge >= 0.3 is 0 Å². The van der Waals surface area contributed by atoms with Gasteiger partial charge in [-0.1, -0.05) is 5.16 Å². The van der Waals surface area contributed by atoms with Gasteiger partial charge in [-0.3, -0.25) is 4.79 Å². The Bertz CT molecular complexity index is 710. The van der Waals surface area contributed by atoms with Crippen molar-refractivity contribution in [2.24, 2.45) is 5.92 Å². The molecule has 23 heavy (non-hydrogen) atoms. The first-order valence-electron chi connectivity index (χ1n) is 7.54. The maximum Gasteiger partial charge on any atom is 0.224 e. The van der Waals surface area contributed by atoms with E-state index in [1.54, 1.807) is 14.2 Å². The fourth-order valence-corrected chi connectivity index (χ4v) is 2.76. The van der Waals surface area contributed by atoms with E-state index in [1.807, 2.05) is 31.2 Å². The molecule has 122 valence electrons. The Morgan fingerprint density at radius 2 is 2.17 bits per heavy atom. The van der Waals surface area contributed by atoms with Gasteiger partial charge in [-0.25, -0.2) is 0 Å². The zero-order valence-electron chi connectivity index (χ0n) is 13.5. The predicted octanol–water partition coefficient (Wildman–Crippen LogP) is 2.42. The molecule has 1 heterocycles. The van der Waals surface area contributed by atoms with Gasteiger partial charge in [-0.15, -0.1) is 0 Å². The Morgan fingerprint density at radius 3 is 2.83 bits per heavy atom. The van der Waals surface area contributed by atoms with Crippen LogP contribution in [-0.4, -0.2) is 25.3 Å². The van der Waals surface area contributed by atoms with Crippen LogP contribution in [0.15, 0.2) is 28.8 Å². The van der Waals surface area contributed by atoms with Gasteiger partial charge in [0.05, 0.1) is 26.5 Å². The fraction of sp³-hybridized carbons (Fsp3) is 0.412. The summed E-state index contributed by atoms with van der Waals surface area (Å²) >= 11 is 0. The molecule has 1 amide bonds. The Balaban J connectivity index is 1.63. The van der Waals surface area contributed by atoms with Crippen LogP contribution >= 0.6 is 0 Å². The van der Waals surface area contributed by atoms with Crippen LogP contribution in [0.3, 0.4) is 0 Å². The molecule has 0 spiro atoms. The molecule has 0 unspecified atom stereocenters. The van der Waals surface area contributed by atoms with Crippen LogP contribution in [0.25, 0.3) is 0 Å². The number of methoxy groups -OCH3 is 2.